The summed E-state index contributed by atoms with van der Waals surface area (Å²) in [5, 5.41) is 15.1. The molecule has 0 fully saturated rings. The van der Waals surface area contributed by atoms with E-state index >= 15 is 0 Å². The molecule has 0 radical (unpaired) electrons. The van der Waals surface area contributed by atoms with E-state index in [0.29, 0.717) is 16.4 Å². The van der Waals surface area contributed by atoms with Crippen molar-refractivity contribution in [2.75, 3.05) is 5.32 Å². The largest absolute Gasteiger partial charge is 0.300 e. The highest BCUT2D eigenvalue weighted by Gasteiger charge is 2.14. The molecule has 1 heterocycles. The van der Waals surface area contributed by atoms with E-state index in [1.807, 2.05) is 0 Å². The first kappa shape index (κ1) is 14.7. The summed E-state index contributed by atoms with van der Waals surface area (Å²) >= 11 is 12.0. The fourth-order valence-corrected chi connectivity index (χ4v) is 2.21. The molecule has 0 aliphatic carbocycles. The van der Waals surface area contributed by atoms with Crippen molar-refractivity contribution in [3.8, 4) is 11.3 Å². The minimum Gasteiger partial charge on any atom is -0.300 e. The number of carbonyl (C=O) groups excluding carboxylic acids is 1. The van der Waals surface area contributed by atoms with Gasteiger partial charge in [-0.2, -0.15) is 0 Å². The second kappa shape index (κ2) is 6.17. The van der Waals surface area contributed by atoms with E-state index in [-0.39, 0.29) is 5.69 Å². The molecule has 20 heavy (non-hydrogen) atoms. The van der Waals surface area contributed by atoms with Crippen LogP contribution < -0.4 is 5.32 Å². The molecule has 9 heteroatoms. The topological polar surface area (TPSA) is 85.1 Å². The van der Waals surface area contributed by atoms with Gasteiger partial charge in [-0.15, -0.1) is 11.3 Å². The van der Waals surface area contributed by atoms with Crippen molar-refractivity contribution in [2.45, 2.75) is 4.84 Å². The number of alkyl halides is 2. The standard InChI is InChI=1S/C11H7Cl2N3O3S/c12-9(13)10(17)15-11-14-8(5-20-11)6-1-3-7(4-2-6)16(18)19/h1-5,9H,(H,14,15,17). The summed E-state index contributed by atoms with van der Waals surface area (Å²) in [6.45, 7) is 0. The van der Waals surface area contributed by atoms with E-state index in [0.717, 1.165) is 0 Å². The van der Waals surface area contributed by atoms with Crippen molar-refractivity contribution < 1.29 is 9.72 Å². The first-order valence-electron chi connectivity index (χ1n) is 5.27. The maximum Gasteiger partial charge on any atom is 0.269 e. The van der Waals surface area contributed by atoms with E-state index in [4.69, 9.17) is 23.2 Å². The van der Waals surface area contributed by atoms with Gasteiger partial charge in [0.05, 0.1) is 10.6 Å². The third kappa shape index (κ3) is 3.44. The molecule has 2 aromatic rings. The summed E-state index contributed by atoms with van der Waals surface area (Å²) in [5.41, 5.74) is 1.31. The third-order valence-corrected chi connectivity index (χ3v) is 3.46. The molecule has 1 aromatic heterocycles. The maximum atomic E-state index is 11.3. The third-order valence-electron chi connectivity index (χ3n) is 2.31. The van der Waals surface area contributed by atoms with Crippen LogP contribution in [0.25, 0.3) is 11.3 Å². The zero-order valence-electron chi connectivity index (χ0n) is 9.75. The molecule has 0 atom stereocenters. The summed E-state index contributed by atoms with van der Waals surface area (Å²) in [5.74, 6) is -0.557. The molecule has 104 valence electrons. The van der Waals surface area contributed by atoms with Gasteiger partial charge >= 0.3 is 0 Å². The smallest absolute Gasteiger partial charge is 0.269 e. The number of non-ortho nitro benzene ring substituents is 1. The monoisotopic (exact) mass is 331 g/mol. The van der Waals surface area contributed by atoms with Crippen molar-refractivity contribution in [1.29, 1.82) is 0 Å². The molecule has 1 N–H and O–H groups in total. The highest BCUT2D eigenvalue weighted by molar-refractivity contribution is 7.14. The van der Waals surface area contributed by atoms with Gasteiger partial charge in [0, 0.05) is 23.1 Å². The van der Waals surface area contributed by atoms with Gasteiger partial charge in [-0.05, 0) is 12.1 Å². The zero-order chi connectivity index (χ0) is 14.7. The van der Waals surface area contributed by atoms with Gasteiger partial charge in [-0.3, -0.25) is 20.2 Å². The molecule has 0 saturated heterocycles. The number of nitrogens with zero attached hydrogens (tertiary/aromatic N) is 2. The normalized spacial score (nSPS) is 10.6. The van der Waals surface area contributed by atoms with Crippen LogP contribution in [0, 0.1) is 10.1 Å². The number of carbonyl (C=O) groups is 1. The molecule has 2 rings (SSSR count). The Bertz CT molecular complexity index is 643. The van der Waals surface area contributed by atoms with Gasteiger partial charge in [0.25, 0.3) is 11.6 Å². The van der Waals surface area contributed by atoms with E-state index in [1.165, 1.54) is 23.5 Å². The predicted octanol–water partition coefficient (Wildman–Crippen LogP) is 3.46. The Morgan fingerprint density at radius 2 is 2.00 bits per heavy atom. The quantitative estimate of drug-likeness (QED) is 0.528. The van der Waals surface area contributed by atoms with Crippen LogP contribution in [0.1, 0.15) is 0 Å². The van der Waals surface area contributed by atoms with Crippen LogP contribution in [0.3, 0.4) is 0 Å². The highest BCUT2D eigenvalue weighted by Crippen LogP contribution is 2.26. The number of halogens is 2. The first-order chi connectivity index (χ1) is 9.47. The van der Waals surface area contributed by atoms with Crippen LogP contribution in [0.4, 0.5) is 10.8 Å². The predicted molar refractivity (Wildman–Crippen MR) is 78.3 cm³/mol. The average Bonchev–Trinajstić information content (AvgIpc) is 2.87. The average molecular weight is 332 g/mol. The van der Waals surface area contributed by atoms with Gasteiger partial charge in [0.2, 0.25) is 0 Å². The maximum absolute atomic E-state index is 11.3. The number of amides is 1. The molecule has 1 amide bonds. The van der Waals surface area contributed by atoms with E-state index < -0.39 is 15.7 Å². The van der Waals surface area contributed by atoms with E-state index in [9.17, 15) is 14.9 Å². The van der Waals surface area contributed by atoms with Crippen molar-refractivity contribution in [1.82, 2.24) is 4.98 Å². The molecular weight excluding hydrogens is 325 g/mol. The molecule has 0 unspecified atom stereocenters. The number of rotatable bonds is 4. The second-order valence-electron chi connectivity index (χ2n) is 3.63. The number of nitrogens with one attached hydrogen (secondary N) is 1. The Morgan fingerprint density at radius 1 is 1.35 bits per heavy atom. The van der Waals surface area contributed by atoms with Gasteiger partial charge < -0.3 is 0 Å². The second-order valence-corrected chi connectivity index (χ2v) is 5.59. The Kier molecular flexibility index (Phi) is 4.53. The lowest BCUT2D eigenvalue weighted by Crippen LogP contribution is -2.18. The number of anilines is 1. The number of hydrogen-bond acceptors (Lipinski definition) is 5. The number of nitro benzene ring substituents is 1. The van der Waals surface area contributed by atoms with Gasteiger partial charge in [0.15, 0.2) is 9.97 Å². The molecule has 0 spiro atoms. The van der Waals surface area contributed by atoms with E-state index in [2.05, 4.69) is 10.3 Å². The molecule has 6 nitrogen and oxygen atoms in total. The Morgan fingerprint density at radius 3 is 2.55 bits per heavy atom. The van der Waals surface area contributed by atoms with Gasteiger partial charge in [0.1, 0.15) is 0 Å². The molecule has 0 bridgehead atoms. The van der Waals surface area contributed by atoms with E-state index in [1.54, 1.807) is 17.5 Å². The molecule has 0 aliphatic rings. The van der Waals surface area contributed by atoms with Crippen molar-refractivity contribution in [3.63, 3.8) is 0 Å². The van der Waals surface area contributed by atoms with Crippen LogP contribution in [0.15, 0.2) is 29.6 Å². The number of thiazole rings is 1. The molecule has 0 saturated carbocycles. The lowest BCUT2D eigenvalue weighted by molar-refractivity contribution is -0.384. The fourth-order valence-electron chi connectivity index (χ4n) is 1.38. The summed E-state index contributed by atoms with van der Waals surface area (Å²) in [6.07, 6.45) is 0. The summed E-state index contributed by atoms with van der Waals surface area (Å²) in [7, 11) is 0. The minimum absolute atomic E-state index is 0.00428. The Hall–Kier alpha value is -1.70. The van der Waals surface area contributed by atoms with Crippen molar-refractivity contribution in [2.24, 2.45) is 0 Å². The SMILES string of the molecule is O=C(Nc1nc(-c2ccc([N+](=O)[O-])cc2)cs1)C(Cl)Cl. The van der Waals surface area contributed by atoms with Crippen molar-refractivity contribution >= 4 is 51.3 Å². The van der Waals surface area contributed by atoms with Gasteiger partial charge in [-0.1, -0.05) is 23.2 Å². The minimum atomic E-state index is -1.17. The van der Waals surface area contributed by atoms with Gasteiger partial charge in [-0.25, -0.2) is 4.98 Å². The number of nitro groups is 1. The summed E-state index contributed by atoms with van der Waals surface area (Å²) < 4.78 is 0. The molecule has 1 aromatic carbocycles. The summed E-state index contributed by atoms with van der Waals surface area (Å²) in [6, 6.07) is 5.95. The fraction of sp³-hybridized carbons (Fsp3) is 0.0909. The zero-order valence-corrected chi connectivity index (χ0v) is 12.1. The van der Waals surface area contributed by atoms with Crippen LogP contribution in [0.5, 0.6) is 0 Å². The van der Waals surface area contributed by atoms with Crippen LogP contribution in [0.2, 0.25) is 0 Å². The molecular formula is C11H7Cl2N3O3S. The number of hydrogen-bond donors (Lipinski definition) is 1. The lowest BCUT2D eigenvalue weighted by Gasteiger charge is -2.00. The number of aromatic nitrogens is 1. The highest BCUT2D eigenvalue weighted by atomic mass is 35.5. The number of benzene rings is 1. The molecule has 0 aliphatic heterocycles. The first-order valence-corrected chi connectivity index (χ1v) is 7.02. The Labute approximate surface area is 127 Å². The van der Waals surface area contributed by atoms with Crippen LogP contribution >= 0.6 is 34.5 Å². The lowest BCUT2D eigenvalue weighted by atomic mass is 10.1. The van der Waals surface area contributed by atoms with Crippen LogP contribution in [-0.4, -0.2) is 20.7 Å². The summed E-state index contributed by atoms with van der Waals surface area (Å²) in [4.78, 5) is 24.4. The van der Waals surface area contributed by atoms with Crippen molar-refractivity contribution in [3.05, 3.63) is 39.8 Å². The Balaban J connectivity index is 2.16. The van der Waals surface area contributed by atoms with Crippen LogP contribution in [-0.2, 0) is 4.79 Å².